The van der Waals surface area contributed by atoms with E-state index in [0.717, 1.165) is 18.4 Å². The van der Waals surface area contributed by atoms with Crippen molar-refractivity contribution < 1.29 is 19.1 Å². The molecule has 2 fully saturated rings. The average molecular weight is 289 g/mol. The summed E-state index contributed by atoms with van der Waals surface area (Å²) in [6.07, 6.45) is 5.27. The van der Waals surface area contributed by atoms with Gasteiger partial charge in [0.05, 0.1) is 5.92 Å². The van der Waals surface area contributed by atoms with Crippen molar-refractivity contribution in [2.24, 2.45) is 5.92 Å². The van der Waals surface area contributed by atoms with Crippen molar-refractivity contribution in [3.8, 4) is 0 Å². The molecule has 1 amide bonds. The normalized spacial score (nSPS) is 27.5. The number of carboxylic acids is 1. The summed E-state index contributed by atoms with van der Waals surface area (Å²) >= 11 is 0. The van der Waals surface area contributed by atoms with Crippen molar-refractivity contribution in [2.45, 2.75) is 31.3 Å². The van der Waals surface area contributed by atoms with Crippen LogP contribution >= 0.6 is 0 Å². The number of fused-ring (bicyclic) bond motifs is 2. The number of amides is 1. The minimum atomic E-state index is -0.817. The van der Waals surface area contributed by atoms with E-state index in [0.29, 0.717) is 6.42 Å². The van der Waals surface area contributed by atoms with Gasteiger partial charge in [0, 0.05) is 18.2 Å². The van der Waals surface area contributed by atoms with E-state index in [9.17, 15) is 19.1 Å². The predicted molar refractivity (Wildman–Crippen MR) is 74.8 cm³/mol. The number of hydrogen-bond donors (Lipinski definition) is 1. The Morgan fingerprint density at radius 2 is 1.95 bits per heavy atom. The van der Waals surface area contributed by atoms with Gasteiger partial charge >= 0.3 is 5.97 Å². The van der Waals surface area contributed by atoms with E-state index >= 15 is 0 Å². The molecule has 0 aromatic heterocycles. The third kappa shape index (κ3) is 2.55. The molecule has 2 aliphatic rings. The van der Waals surface area contributed by atoms with Crippen LogP contribution < -0.4 is 0 Å². The van der Waals surface area contributed by atoms with Crippen molar-refractivity contribution in [2.75, 3.05) is 0 Å². The maximum absolute atomic E-state index is 12.8. The number of hydrogen-bond acceptors (Lipinski definition) is 2. The Balaban J connectivity index is 1.71. The summed E-state index contributed by atoms with van der Waals surface area (Å²) in [5, 5.41) is 9.18. The van der Waals surface area contributed by atoms with E-state index < -0.39 is 11.9 Å². The molecule has 0 spiro atoms. The van der Waals surface area contributed by atoms with E-state index in [4.69, 9.17) is 0 Å². The molecular formula is C16H16FNO3. The van der Waals surface area contributed by atoms with Gasteiger partial charge in [-0.3, -0.25) is 9.59 Å². The van der Waals surface area contributed by atoms with E-state index in [1.54, 1.807) is 23.1 Å². The monoisotopic (exact) mass is 289 g/mol. The standard InChI is InChI=1S/C16H16FNO3/c17-11-4-1-10(2-5-11)3-8-15(19)18-12-6-7-14(18)13(9-12)16(20)21/h1-5,8,12-14H,6-7,9H2,(H,20,21). The summed E-state index contributed by atoms with van der Waals surface area (Å²) in [6, 6.07) is 5.73. The highest BCUT2D eigenvalue weighted by Crippen LogP contribution is 2.41. The number of carbonyl (C=O) groups excluding carboxylic acids is 1. The molecular weight excluding hydrogens is 273 g/mol. The average Bonchev–Trinajstić information content (AvgIpc) is 3.04. The summed E-state index contributed by atoms with van der Waals surface area (Å²) in [6.45, 7) is 0. The van der Waals surface area contributed by atoms with Gasteiger partial charge in [-0.25, -0.2) is 4.39 Å². The van der Waals surface area contributed by atoms with E-state index in [1.165, 1.54) is 18.2 Å². The Kier molecular flexibility index (Phi) is 3.49. The Bertz CT molecular complexity index is 596. The lowest BCUT2D eigenvalue weighted by atomic mass is 9.89. The van der Waals surface area contributed by atoms with Gasteiger partial charge < -0.3 is 10.0 Å². The first-order chi connectivity index (χ1) is 10.1. The van der Waals surface area contributed by atoms with Crippen LogP contribution in [0.1, 0.15) is 24.8 Å². The molecule has 5 heteroatoms. The molecule has 0 aliphatic carbocycles. The molecule has 21 heavy (non-hydrogen) atoms. The molecule has 1 aromatic carbocycles. The third-order valence-corrected chi connectivity index (χ3v) is 4.40. The van der Waals surface area contributed by atoms with Crippen LogP contribution in [-0.4, -0.2) is 34.0 Å². The SMILES string of the molecule is O=C(O)C1CC2CCC1N2C(=O)C=Cc1ccc(F)cc1. The second kappa shape index (κ2) is 5.31. The number of rotatable bonds is 3. The topological polar surface area (TPSA) is 57.6 Å². The van der Waals surface area contributed by atoms with Crippen LogP contribution in [0.3, 0.4) is 0 Å². The molecule has 1 N–H and O–H groups in total. The van der Waals surface area contributed by atoms with Crippen LogP contribution in [0.2, 0.25) is 0 Å². The fraction of sp³-hybridized carbons (Fsp3) is 0.375. The maximum Gasteiger partial charge on any atom is 0.308 e. The van der Waals surface area contributed by atoms with Gasteiger partial charge in [0.1, 0.15) is 5.82 Å². The van der Waals surface area contributed by atoms with Crippen molar-refractivity contribution in [3.63, 3.8) is 0 Å². The molecule has 1 aromatic rings. The number of carbonyl (C=O) groups is 2. The first-order valence-corrected chi connectivity index (χ1v) is 7.05. The second-order valence-electron chi connectivity index (χ2n) is 5.61. The van der Waals surface area contributed by atoms with Crippen molar-refractivity contribution in [1.82, 2.24) is 4.90 Å². The lowest BCUT2D eigenvalue weighted by Crippen LogP contribution is -2.36. The summed E-state index contributed by atoms with van der Waals surface area (Å²) < 4.78 is 12.8. The molecule has 3 atom stereocenters. The Hall–Kier alpha value is -2.17. The van der Waals surface area contributed by atoms with Crippen LogP contribution in [0.4, 0.5) is 4.39 Å². The molecule has 2 bridgehead atoms. The van der Waals surface area contributed by atoms with Crippen LogP contribution in [0.5, 0.6) is 0 Å². The molecule has 3 rings (SSSR count). The zero-order valence-corrected chi connectivity index (χ0v) is 11.4. The van der Waals surface area contributed by atoms with Gasteiger partial charge in [0.2, 0.25) is 5.91 Å². The molecule has 2 saturated heterocycles. The second-order valence-corrected chi connectivity index (χ2v) is 5.61. The lowest BCUT2D eigenvalue weighted by Gasteiger charge is -2.21. The molecule has 2 heterocycles. The van der Waals surface area contributed by atoms with Crippen LogP contribution in [0.15, 0.2) is 30.3 Å². The van der Waals surface area contributed by atoms with Crippen molar-refractivity contribution in [3.05, 3.63) is 41.7 Å². The van der Waals surface area contributed by atoms with E-state index in [-0.39, 0.29) is 23.8 Å². The number of benzene rings is 1. The summed E-state index contributed by atoms with van der Waals surface area (Å²) in [7, 11) is 0. The van der Waals surface area contributed by atoms with Crippen molar-refractivity contribution in [1.29, 1.82) is 0 Å². The van der Waals surface area contributed by atoms with Crippen LogP contribution in [-0.2, 0) is 9.59 Å². The van der Waals surface area contributed by atoms with Gasteiger partial charge in [-0.15, -0.1) is 0 Å². The van der Waals surface area contributed by atoms with E-state index in [1.807, 2.05) is 0 Å². The highest BCUT2D eigenvalue weighted by molar-refractivity contribution is 5.93. The lowest BCUT2D eigenvalue weighted by molar-refractivity contribution is -0.143. The summed E-state index contributed by atoms with van der Waals surface area (Å²) in [5.74, 6) is -1.73. The first-order valence-electron chi connectivity index (χ1n) is 7.05. The molecule has 0 radical (unpaired) electrons. The zero-order valence-electron chi connectivity index (χ0n) is 11.4. The van der Waals surface area contributed by atoms with Crippen LogP contribution in [0, 0.1) is 11.7 Å². The predicted octanol–water partition coefficient (Wildman–Crippen LogP) is 2.30. The number of carboxylic acid groups (broad SMARTS) is 1. The van der Waals surface area contributed by atoms with E-state index in [2.05, 4.69) is 0 Å². The summed E-state index contributed by atoms with van der Waals surface area (Å²) in [5.41, 5.74) is 0.742. The zero-order chi connectivity index (χ0) is 15.0. The largest absolute Gasteiger partial charge is 0.481 e. The number of halogens is 1. The highest BCUT2D eigenvalue weighted by Gasteiger charge is 2.50. The van der Waals surface area contributed by atoms with Gasteiger partial charge in [-0.1, -0.05) is 12.1 Å². The number of aliphatic carboxylic acids is 1. The van der Waals surface area contributed by atoms with Gasteiger partial charge in [0.15, 0.2) is 0 Å². The fourth-order valence-corrected chi connectivity index (χ4v) is 3.43. The number of nitrogens with zero attached hydrogens (tertiary/aromatic N) is 1. The van der Waals surface area contributed by atoms with Gasteiger partial charge in [-0.2, -0.15) is 0 Å². The maximum atomic E-state index is 12.8. The first kappa shape index (κ1) is 13.8. The highest BCUT2D eigenvalue weighted by atomic mass is 19.1. The molecule has 0 saturated carbocycles. The Morgan fingerprint density at radius 3 is 2.57 bits per heavy atom. The smallest absolute Gasteiger partial charge is 0.308 e. The molecule has 4 nitrogen and oxygen atoms in total. The van der Waals surface area contributed by atoms with Crippen molar-refractivity contribution >= 4 is 18.0 Å². The molecule has 2 aliphatic heterocycles. The fourth-order valence-electron chi connectivity index (χ4n) is 3.43. The molecule has 110 valence electrons. The minimum absolute atomic E-state index is 0.0430. The quantitative estimate of drug-likeness (QED) is 0.869. The summed E-state index contributed by atoms with van der Waals surface area (Å²) in [4.78, 5) is 25.2. The van der Waals surface area contributed by atoms with Gasteiger partial charge in [0.25, 0.3) is 0 Å². The van der Waals surface area contributed by atoms with Crippen LogP contribution in [0.25, 0.3) is 6.08 Å². The Morgan fingerprint density at radius 1 is 1.24 bits per heavy atom. The molecule has 3 unspecified atom stereocenters. The third-order valence-electron chi connectivity index (χ3n) is 4.40. The Labute approximate surface area is 121 Å². The minimum Gasteiger partial charge on any atom is -0.481 e. The van der Waals surface area contributed by atoms with Gasteiger partial charge in [-0.05, 0) is 43.0 Å².